The fourth-order valence-electron chi connectivity index (χ4n) is 2.79. The van der Waals surface area contributed by atoms with Crippen LogP contribution in [0, 0.1) is 0 Å². The van der Waals surface area contributed by atoms with Crippen LogP contribution in [-0.2, 0) is 24.4 Å². The maximum atomic E-state index is 12.8. The van der Waals surface area contributed by atoms with Gasteiger partial charge in [0.2, 0.25) is 0 Å². The molecule has 1 spiro atoms. The molecule has 2 saturated heterocycles. The van der Waals surface area contributed by atoms with Crippen molar-refractivity contribution >= 4 is 16.3 Å². The predicted octanol–water partition coefficient (Wildman–Crippen LogP) is 1.47. The lowest BCUT2D eigenvalue weighted by Gasteiger charge is -2.45. The monoisotopic (exact) mass is 353 g/mol. The molecule has 0 N–H and O–H groups in total. The number of carbonyl (C=O) groups excluding carboxylic acids is 1. The Morgan fingerprint density at radius 2 is 1.96 bits per heavy atom. The van der Waals surface area contributed by atoms with E-state index < -0.39 is 33.3 Å². The Morgan fingerprint density at radius 3 is 2.48 bits per heavy atom. The first-order valence-electron chi connectivity index (χ1n) is 7.64. The van der Waals surface area contributed by atoms with Gasteiger partial charge in [-0.05, 0) is 33.6 Å². The van der Waals surface area contributed by atoms with Crippen LogP contribution in [0.3, 0.4) is 0 Å². The number of carbonyl (C=O) groups is 1. The van der Waals surface area contributed by atoms with Crippen LogP contribution in [0.1, 0.15) is 33.6 Å². The second kappa shape index (κ2) is 6.52. The third kappa shape index (κ3) is 5.58. The van der Waals surface area contributed by atoms with E-state index in [0.717, 1.165) is 0 Å². The average Bonchev–Trinajstić information content (AvgIpc) is 2.35. The van der Waals surface area contributed by atoms with Gasteiger partial charge in [-0.25, -0.2) is 4.79 Å². The van der Waals surface area contributed by atoms with Gasteiger partial charge >= 0.3 is 16.3 Å². The molecule has 2 aliphatic rings. The molecular weight excluding hydrogens is 329 g/mol. The Kier molecular flexibility index (Phi) is 5.22. The van der Waals surface area contributed by atoms with Crippen molar-refractivity contribution in [1.82, 2.24) is 4.90 Å². The number of amides is 1. The van der Waals surface area contributed by atoms with E-state index in [2.05, 4.69) is 0 Å². The zero-order valence-corrected chi connectivity index (χ0v) is 14.5. The highest BCUT2D eigenvalue weighted by Crippen LogP contribution is 2.32. The minimum atomic E-state index is -4.61. The topological polar surface area (TPSA) is 82.1 Å². The summed E-state index contributed by atoms with van der Waals surface area (Å²) in [4.78, 5) is 13.6. The van der Waals surface area contributed by atoms with Gasteiger partial charge in [0.1, 0.15) is 11.4 Å². The van der Waals surface area contributed by atoms with Gasteiger partial charge in [0, 0.05) is 13.1 Å². The van der Waals surface area contributed by atoms with Crippen molar-refractivity contribution in [1.29, 1.82) is 0 Å². The molecule has 2 aliphatic heterocycles. The van der Waals surface area contributed by atoms with Gasteiger partial charge < -0.3 is 19.1 Å². The highest BCUT2D eigenvalue weighted by atomic mass is 32.3. The molecule has 1 atom stereocenters. The van der Waals surface area contributed by atoms with Crippen molar-refractivity contribution in [2.75, 3.05) is 32.1 Å². The third-order valence-electron chi connectivity index (χ3n) is 3.80. The molecule has 0 aliphatic carbocycles. The van der Waals surface area contributed by atoms with E-state index in [-0.39, 0.29) is 12.7 Å². The summed E-state index contributed by atoms with van der Waals surface area (Å²) in [6.07, 6.45) is -0.205. The zero-order chi connectivity index (χ0) is 17.3. The number of nitrogens with zero attached hydrogens (tertiary/aromatic N) is 1. The van der Waals surface area contributed by atoms with Gasteiger partial charge in [-0.3, -0.25) is 0 Å². The Hall–Kier alpha value is -0.930. The maximum Gasteiger partial charge on any atom is 0.410 e. The van der Waals surface area contributed by atoms with E-state index in [4.69, 9.17) is 14.2 Å². The van der Waals surface area contributed by atoms with E-state index >= 15 is 0 Å². The normalized spacial score (nSPS) is 25.4. The van der Waals surface area contributed by atoms with Crippen LogP contribution < -0.4 is 0 Å². The fourth-order valence-corrected chi connectivity index (χ4v) is 3.40. The molecule has 7 nitrogen and oxygen atoms in total. The number of halogens is 1. The molecule has 2 heterocycles. The van der Waals surface area contributed by atoms with E-state index in [1.54, 1.807) is 25.7 Å². The second-order valence-electron chi connectivity index (χ2n) is 7.11. The van der Waals surface area contributed by atoms with Crippen LogP contribution in [0.2, 0.25) is 0 Å². The minimum Gasteiger partial charge on any atom is -0.444 e. The molecule has 9 heteroatoms. The van der Waals surface area contributed by atoms with Crippen LogP contribution in [0.25, 0.3) is 0 Å². The van der Waals surface area contributed by atoms with Crippen LogP contribution >= 0.6 is 0 Å². The van der Waals surface area contributed by atoms with E-state index in [0.29, 0.717) is 32.5 Å². The molecule has 0 radical (unpaired) electrons. The number of piperidine rings is 1. The van der Waals surface area contributed by atoms with Crippen LogP contribution in [0.5, 0.6) is 0 Å². The highest BCUT2D eigenvalue weighted by molar-refractivity contribution is 7.86. The lowest BCUT2D eigenvalue weighted by atomic mass is 9.91. The Labute approximate surface area is 136 Å². The average molecular weight is 353 g/mol. The van der Waals surface area contributed by atoms with Crippen molar-refractivity contribution in [3.8, 4) is 0 Å². The van der Waals surface area contributed by atoms with Crippen molar-refractivity contribution in [2.45, 2.75) is 50.9 Å². The van der Waals surface area contributed by atoms with Gasteiger partial charge in [-0.15, -0.1) is 3.89 Å². The van der Waals surface area contributed by atoms with Crippen molar-refractivity contribution in [3.05, 3.63) is 0 Å². The lowest BCUT2D eigenvalue weighted by Crippen LogP contribution is -2.56. The Bertz CT molecular complexity index is 536. The second-order valence-corrected chi connectivity index (χ2v) is 8.52. The van der Waals surface area contributed by atoms with Gasteiger partial charge in [-0.2, -0.15) is 8.42 Å². The molecule has 1 unspecified atom stereocenters. The number of ether oxygens (including phenoxy) is 3. The standard InChI is InChI=1S/C14H24FNO6S/c1-13(2,3)22-12(17)16-6-4-14(5-7-16)10-20-8-11(21-14)9-23(15,18)19/h11H,4-10H2,1-3H3. The minimum absolute atomic E-state index is 0.0562. The van der Waals surface area contributed by atoms with Crippen LogP contribution in [-0.4, -0.2) is 68.8 Å². The first-order chi connectivity index (χ1) is 10.5. The molecule has 134 valence electrons. The summed E-state index contributed by atoms with van der Waals surface area (Å²) in [5, 5.41) is 0. The summed E-state index contributed by atoms with van der Waals surface area (Å²) in [5.74, 6) is -0.704. The van der Waals surface area contributed by atoms with Crippen molar-refractivity contribution < 1.29 is 31.3 Å². The van der Waals surface area contributed by atoms with E-state index in [1.807, 2.05) is 0 Å². The molecule has 2 rings (SSSR count). The molecular formula is C14H24FNO6S. The maximum absolute atomic E-state index is 12.8. The van der Waals surface area contributed by atoms with Crippen LogP contribution in [0.4, 0.5) is 8.68 Å². The molecule has 23 heavy (non-hydrogen) atoms. The molecule has 0 aromatic carbocycles. The fraction of sp³-hybridized carbons (Fsp3) is 0.929. The van der Waals surface area contributed by atoms with Crippen molar-refractivity contribution in [2.24, 2.45) is 0 Å². The van der Waals surface area contributed by atoms with Gasteiger partial charge in [0.25, 0.3) is 0 Å². The molecule has 1 amide bonds. The quantitative estimate of drug-likeness (QED) is 0.699. The summed E-state index contributed by atoms with van der Waals surface area (Å²) >= 11 is 0. The van der Waals surface area contributed by atoms with Crippen molar-refractivity contribution in [3.63, 3.8) is 0 Å². The van der Waals surface area contributed by atoms with Gasteiger partial charge in [0.05, 0.1) is 24.9 Å². The zero-order valence-electron chi connectivity index (χ0n) is 13.7. The molecule has 0 aromatic heterocycles. The van der Waals surface area contributed by atoms with E-state index in [1.165, 1.54) is 0 Å². The number of hydrogen-bond donors (Lipinski definition) is 0. The summed E-state index contributed by atoms with van der Waals surface area (Å²) in [6.45, 7) is 6.63. The number of likely N-dealkylation sites (tertiary alicyclic amines) is 1. The smallest absolute Gasteiger partial charge is 0.410 e. The molecule has 2 fully saturated rings. The Morgan fingerprint density at radius 1 is 1.35 bits per heavy atom. The SMILES string of the molecule is CC(C)(C)OC(=O)N1CCC2(CC1)COCC(CS(=O)(=O)F)O2. The first-order valence-corrected chi connectivity index (χ1v) is 9.19. The number of rotatable bonds is 2. The summed E-state index contributed by atoms with van der Waals surface area (Å²) in [6, 6.07) is 0. The molecule has 0 aromatic rings. The van der Waals surface area contributed by atoms with E-state index in [9.17, 15) is 17.1 Å². The Balaban J connectivity index is 1.91. The largest absolute Gasteiger partial charge is 0.444 e. The molecule has 0 saturated carbocycles. The predicted molar refractivity (Wildman–Crippen MR) is 80.4 cm³/mol. The summed E-state index contributed by atoms with van der Waals surface area (Å²) < 4.78 is 50.9. The summed E-state index contributed by atoms with van der Waals surface area (Å²) in [7, 11) is -4.61. The summed E-state index contributed by atoms with van der Waals surface area (Å²) in [5.41, 5.74) is -1.22. The first kappa shape index (κ1) is 18.4. The third-order valence-corrected chi connectivity index (χ3v) is 4.57. The lowest BCUT2D eigenvalue weighted by molar-refractivity contribution is -0.207. The van der Waals surface area contributed by atoms with Crippen LogP contribution in [0.15, 0.2) is 0 Å². The van der Waals surface area contributed by atoms with Gasteiger partial charge in [-0.1, -0.05) is 0 Å². The molecule has 0 bridgehead atoms. The number of hydrogen-bond acceptors (Lipinski definition) is 6. The highest BCUT2D eigenvalue weighted by Gasteiger charge is 2.43. The van der Waals surface area contributed by atoms with Gasteiger partial charge in [0.15, 0.2) is 0 Å².